The van der Waals surface area contributed by atoms with E-state index >= 15 is 0 Å². The third-order valence-corrected chi connectivity index (χ3v) is 3.32. The van der Waals surface area contributed by atoms with Crippen LogP contribution in [-0.4, -0.2) is 40.5 Å². The lowest BCUT2D eigenvalue weighted by Crippen LogP contribution is -2.42. The predicted molar refractivity (Wildman–Crippen MR) is 65.5 cm³/mol. The van der Waals surface area contributed by atoms with E-state index < -0.39 is 0 Å². The maximum atomic E-state index is 4.28. The van der Waals surface area contributed by atoms with Crippen LogP contribution < -0.4 is 5.32 Å². The van der Waals surface area contributed by atoms with Gasteiger partial charge >= 0.3 is 0 Å². The first kappa shape index (κ1) is 11.3. The quantitative estimate of drug-likeness (QED) is 0.823. The number of anilines is 1. The fourth-order valence-electron chi connectivity index (χ4n) is 2.07. The number of piperidine rings is 1. The van der Waals surface area contributed by atoms with Crippen LogP contribution in [0, 0.1) is 6.92 Å². The van der Waals surface area contributed by atoms with E-state index in [2.05, 4.69) is 34.2 Å². The van der Waals surface area contributed by atoms with Gasteiger partial charge in [-0.05, 0) is 39.3 Å². The summed E-state index contributed by atoms with van der Waals surface area (Å²) in [6.45, 7) is 5.41. The van der Waals surface area contributed by atoms with E-state index in [-0.39, 0.29) is 0 Å². The zero-order valence-corrected chi connectivity index (χ0v) is 10.3. The lowest BCUT2D eigenvalue weighted by Gasteiger charge is -2.35. The maximum absolute atomic E-state index is 4.28. The summed E-state index contributed by atoms with van der Waals surface area (Å²) in [6.07, 6.45) is 6.03. The summed E-state index contributed by atoms with van der Waals surface area (Å²) in [7, 11) is 2.18. The molecule has 2 atom stereocenters. The van der Waals surface area contributed by atoms with E-state index in [0.717, 1.165) is 30.9 Å². The topological polar surface area (TPSA) is 41.1 Å². The minimum atomic E-state index is 0.508. The highest BCUT2D eigenvalue weighted by atomic mass is 15.2. The Hall–Kier alpha value is -1.16. The second kappa shape index (κ2) is 4.78. The molecular weight excluding hydrogens is 200 g/mol. The predicted octanol–water partition coefficient (Wildman–Crippen LogP) is 1.68. The van der Waals surface area contributed by atoms with Crippen molar-refractivity contribution in [2.45, 2.75) is 38.8 Å². The molecule has 1 saturated heterocycles. The summed E-state index contributed by atoms with van der Waals surface area (Å²) in [5.74, 6) is 0.757. The number of aryl methyl sites for hydroxylation is 1. The molecule has 1 N–H and O–H groups in total. The summed E-state index contributed by atoms with van der Waals surface area (Å²) in [5, 5.41) is 3.41. The lowest BCUT2D eigenvalue weighted by atomic mass is 9.99. The maximum Gasteiger partial charge on any atom is 0.222 e. The number of nitrogens with zero attached hydrogens (tertiary/aromatic N) is 3. The van der Waals surface area contributed by atoms with Gasteiger partial charge in [-0.15, -0.1) is 0 Å². The molecular formula is C12H20N4. The van der Waals surface area contributed by atoms with Crippen molar-refractivity contribution in [1.29, 1.82) is 0 Å². The molecule has 1 aromatic rings. The van der Waals surface area contributed by atoms with Gasteiger partial charge in [0.15, 0.2) is 0 Å². The van der Waals surface area contributed by atoms with Gasteiger partial charge in [-0.25, -0.2) is 9.97 Å². The number of nitrogens with one attached hydrogen (secondary N) is 1. The van der Waals surface area contributed by atoms with Crippen molar-refractivity contribution >= 4 is 5.95 Å². The first-order valence-electron chi connectivity index (χ1n) is 5.90. The van der Waals surface area contributed by atoms with Gasteiger partial charge in [0.1, 0.15) is 0 Å². The van der Waals surface area contributed by atoms with Gasteiger partial charge in [-0.2, -0.15) is 0 Å². The smallest absolute Gasteiger partial charge is 0.222 e. The van der Waals surface area contributed by atoms with Gasteiger partial charge in [-0.1, -0.05) is 0 Å². The Bertz CT molecular complexity index is 335. The SMILES string of the molecule is Cc1cnc(NC2CCN(C)C(C)C2)nc1. The highest BCUT2D eigenvalue weighted by molar-refractivity contribution is 5.26. The molecule has 2 rings (SSSR count). The fraction of sp³-hybridized carbons (Fsp3) is 0.667. The van der Waals surface area contributed by atoms with E-state index in [1.54, 1.807) is 0 Å². The van der Waals surface area contributed by atoms with Gasteiger partial charge in [0.25, 0.3) is 0 Å². The normalized spacial score (nSPS) is 26.7. The summed E-state index contributed by atoms with van der Waals surface area (Å²) >= 11 is 0. The van der Waals surface area contributed by atoms with E-state index in [0.29, 0.717) is 12.1 Å². The van der Waals surface area contributed by atoms with Crippen molar-refractivity contribution < 1.29 is 0 Å². The van der Waals surface area contributed by atoms with Crippen LogP contribution in [0.3, 0.4) is 0 Å². The van der Waals surface area contributed by atoms with Crippen LogP contribution in [-0.2, 0) is 0 Å². The second-order valence-corrected chi connectivity index (χ2v) is 4.78. The Morgan fingerprint density at radius 2 is 2.06 bits per heavy atom. The average Bonchev–Trinajstić information content (AvgIpc) is 2.27. The summed E-state index contributed by atoms with van der Waals surface area (Å²) in [5.41, 5.74) is 1.10. The van der Waals surface area contributed by atoms with Crippen LogP contribution >= 0.6 is 0 Å². The van der Waals surface area contributed by atoms with Crippen molar-refractivity contribution in [3.05, 3.63) is 18.0 Å². The third-order valence-electron chi connectivity index (χ3n) is 3.32. The van der Waals surface area contributed by atoms with Crippen molar-refractivity contribution in [1.82, 2.24) is 14.9 Å². The molecule has 0 saturated carbocycles. The van der Waals surface area contributed by atoms with Gasteiger partial charge in [0, 0.05) is 31.0 Å². The van der Waals surface area contributed by atoms with Crippen LogP contribution in [0.1, 0.15) is 25.3 Å². The molecule has 2 unspecified atom stereocenters. The average molecular weight is 220 g/mol. The van der Waals surface area contributed by atoms with E-state index in [1.807, 2.05) is 19.3 Å². The fourth-order valence-corrected chi connectivity index (χ4v) is 2.07. The summed E-state index contributed by atoms with van der Waals surface area (Å²) in [6, 6.07) is 1.14. The van der Waals surface area contributed by atoms with Crippen molar-refractivity contribution in [2.24, 2.45) is 0 Å². The first-order chi connectivity index (χ1) is 7.65. The molecule has 0 aromatic carbocycles. The number of aromatic nitrogens is 2. The van der Waals surface area contributed by atoms with Crippen LogP contribution in [0.5, 0.6) is 0 Å². The zero-order valence-electron chi connectivity index (χ0n) is 10.3. The molecule has 0 bridgehead atoms. The Labute approximate surface area is 97.1 Å². The van der Waals surface area contributed by atoms with Gasteiger partial charge in [0.2, 0.25) is 5.95 Å². The molecule has 0 spiro atoms. The molecule has 1 aliphatic rings. The Kier molecular flexibility index (Phi) is 3.39. The Morgan fingerprint density at radius 1 is 1.38 bits per heavy atom. The largest absolute Gasteiger partial charge is 0.351 e. The molecule has 0 amide bonds. The van der Waals surface area contributed by atoms with E-state index in [9.17, 15) is 0 Å². The van der Waals surface area contributed by atoms with Gasteiger partial charge < -0.3 is 10.2 Å². The van der Waals surface area contributed by atoms with Crippen molar-refractivity contribution in [3.63, 3.8) is 0 Å². The van der Waals surface area contributed by atoms with Gasteiger partial charge in [0.05, 0.1) is 0 Å². The highest BCUT2D eigenvalue weighted by Crippen LogP contribution is 2.17. The minimum absolute atomic E-state index is 0.508. The van der Waals surface area contributed by atoms with Crippen LogP contribution in [0.25, 0.3) is 0 Å². The number of likely N-dealkylation sites (tertiary alicyclic amines) is 1. The Balaban J connectivity index is 1.93. The first-order valence-corrected chi connectivity index (χ1v) is 5.90. The lowest BCUT2D eigenvalue weighted by molar-refractivity contribution is 0.190. The Morgan fingerprint density at radius 3 is 2.69 bits per heavy atom. The molecule has 1 aliphatic heterocycles. The second-order valence-electron chi connectivity index (χ2n) is 4.78. The van der Waals surface area contributed by atoms with E-state index in [1.165, 1.54) is 0 Å². The summed E-state index contributed by atoms with van der Waals surface area (Å²) in [4.78, 5) is 11.0. The summed E-state index contributed by atoms with van der Waals surface area (Å²) < 4.78 is 0. The zero-order chi connectivity index (χ0) is 11.5. The highest BCUT2D eigenvalue weighted by Gasteiger charge is 2.22. The number of rotatable bonds is 2. The van der Waals surface area contributed by atoms with Crippen LogP contribution in [0.15, 0.2) is 12.4 Å². The number of hydrogen-bond donors (Lipinski definition) is 1. The molecule has 0 radical (unpaired) electrons. The molecule has 1 aromatic heterocycles. The molecule has 4 heteroatoms. The van der Waals surface area contributed by atoms with E-state index in [4.69, 9.17) is 0 Å². The standard InChI is InChI=1S/C12H20N4/c1-9-7-13-12(14-8-9)15-11-4-5-16(3)10(2)6-11/h7-8,10-11H,4-6H2,1-3H3,(H,13,14,15). The molecule has 88 valence electrons. The monoisotopic (exact) mass is 220 g/mol. The van der Waals surface area contributed by atoms with Gasteiger partial charge in [-0.3, -0.25) is 0 Å². The van der Waals surface area contributed by atoms with Crippen molar-refractivity contribution in [3.8, 4) is 0 Å². The number of hydrogen-bond acceptors (Lipinski definition) is 4. The molecule has 0 aliphatic carbocycles. The van der Waals surface area contributed by atoms with Crippen LogP contribution in [0.2, 0.25) is 0 Å². The van der Waals surface area contributed by atoms with Crippen LogP contribution in [0.4, 0.5) is 5.95 Å². The minimum Gasteiger partial charge on any atom is -0.351 e. The molecule has 16 heavy (non-hydrogen) atoms. The molecule has 2 heterocycles. The molecule has 4 nitrogen and oxygen atoms in total. The third kappa shape index (κ3) is 2.70. The molecule has 1 fully saturated rings. The van der Waals surface area contributed by atoms with Crippen molar-refractivity contribution in [2.75, 3.05) is 18.9 Å².